The van der Waals surface area contributed by atoms with Crippen molar-refractivity contribution in [2.45, 2.75) is 113 Å². The Labute approximate surface area is 233 Å². The molecule has 1 aromatic carbocycles. The molecule has 0 saturated carbocycles. The number of benzene rings is 1. The van der Waals surface area contributed by atoms with Gasteiger partial charge in [0, 0.05) is 0 Å². The largest absolute Gasteiger partial charge is 0.459 e. The molecule has 220 valence electrons. The van der Waals surface area contributed by atoms with Crippen molar-refractivity contribution < 1.29 is 38.1 Å². The summed E-state index contributed by atoms with van der Waals surface area (Å²) in [5.74, 6) is -2.03. The van der Waals surface area contributed by atoms with E-state index in [0.29, 0.717) is 24.8 Å². The Hall–Kier alpha value is -2.94. The van der Waals surface area contributed by atoms with Crippen molar-refractivity contribution in [1.82, 2.24) is 0 Å². The fourth-order valence-electron chi connectivity index (χ4n) is 2.87. The van der Waals surface area contributed by atoms with Crippen LogP contribution in [0.1, 0.15) is 94.1 Å². The van der Waals surface area contributed by atoms with Gasteiger partial charge >= 0.3 is 23.9 Å². The highest BCUT2D eigenvalue weighted by Crippen LogP contribution is 2.34. The number of esters is 4. The molecule has 9 heteroatoms. The summed E-state index contributed by atoms with van der Waals surface area (Å²) in [6.45, 7) is 17.8. The standard InChI is InChI=1S/C30H47NO8/c1-11-18(4)25(32)36-19(5)20(6)37-26(33)22(31)16-21-14-15-23(38-27(34)29(7,8)12-2)24(17-21)39-28(35)30(9,10)13-3/h14-15,17-20,22H,11-13,16,31H2,1-10H3/t18?,19-,20-,22-/m0/s1. The van der Waals surface area contributed by atoms with Crippen molar-refractivity contribution in [3.63, 3.8) is 0 Å². The third-order valence-corrected chi connectivity index (χ3v) is 7.32. The zero-order valence-corrected chi connectivity index (χ0v) is 25.2. The normalized spacial score (nSPS) is 14.9. The average molecular weight is 550 g/mol. The van der Waals surface area contributed by atoms with Crippen molar-refractivity contribution in [3.8, 4) is 11.5 Å². The summed E-state index contributed by atoms with van der Waals surface area (Å²) in [7, 11) is 0. The highest BCUT2D eigenvalue weighted by molar-refractivity contribution is 5.81. The second-order valence-corrected chi connectivity index (χ2v) is 11.4. The summed E-state index contributed by atoms with van der Waals surface area (Å²) in [4.78, 5) is 50.3. The lowest BCUT2D eigenvalue weighted by Gasteiger charge is -2.24. The van der Waals surface area contributed by atoms with E-state index in [0.717, 1.165) is 0 Å². The van der Waals surface area contributed by atoms with Crippen LogP contribution in [0.25, 0.3) is 0 Å². The first-order chi connectivity index (χ1) is 18.0. The van der Waals surface area contributed by atoms with Crippen molar-refractivity contribution in [1.29, 1.82) is 0 Å². The van der Waals surface area contributed by atoms with Gasteiger partial charge in [-0.05, 0) is 84.9 Å². The molecule has 4 atom stereocenters. The molecule has 0 amide bonds. The first kappa shape index (κ1) is 34.1. The van der Waals surface area contributed by atoms with Crippen LogP contribution in [0.2, 0.25) is 0 Å². The molecule has 1 aromatic rings. The van der Waals surface area contributed by atoms with Crippen LogP contribution in [0.3, 0.4) is 0 Å². The molecule has 0 aromatic heterocycles. The number of hydrogen-bond acceptors (Lipinski definition) is 9. The highest BCUT2D eigenvalue weighted by Gasteiger charge is 2.32. The van der Waals surface area contributed by atoms with Gasteiger partial charge < -0.3 is 24.7 Å². The molecule has 0 heterocycles. The van der Waals surface area contributed by atoms with Crippen LogP contribution in [-0.4, -0.2) is 42.1 Å². The monoisotopic (exact) mass is 549 g/mol. The van der Waals surface area contributed by atoms with E-state index < -0.39 is 47.0 Å². The molecular weight excluding hydrogens is 502 g/mol. The SMILES string of the molecule is CCC(C)C(=O)O[C@@H](C)[C@H](C)OC(=O)[C@@H](N)Cc1ccc(OC(=O)C(C)(C)CC)c(OC(=O)C(C)(C)CC)c1. The zero-order valence-electron chi connectivity index (χ0n) is 25.2. The van der Waals surface area contributed by atoms with E-state index in [1.807, 2.05) is 20.8 Å². The van der Waals surface area contributed by atoms with Gasteiger partial charge in [0.05, 0.1) is 16.7 Å². The van der Waals surface area contributed by atoms with E-state index in [1.54, 1.807) is 54.5 Å². The summed E-state index contributed by atoms with van der Waals surface area (Å²) >= 11 is 0. The lowest BCUT2D eigenvalue weighted by molar-refractivity contribution is -0.168. The first-order valence-corrected chi connectivity index (χ1v) is 13.7. The maximum absolute atomic E-state index is 12.8. The lowest BCUT2D eigenvalue weighted by atomic mass is 9.90. The second kappa shape index (κ2) is 14.4. The maximum Gasteiger partial charge on any atom is 0.323 e. The Morgan fingerprint density at radius 1 is 0.769 bits per heavy atom. The Bertz CT molecular complexity index is 1020. The zero-order chi connectivity index (χ0) is 30.1. The summed E-state index contributed by atoms with van der Waals surface area (Å²) in [6.07, 6.45) is 0.482. The lowest BCUT2D eigenvalue weighted by Crippen LogP contribution is -2.40. The molecule has 0 bridgehead atoms. The molecule has 1 rings (SSSR count). The fraction of sp³-hybridized carbons (Fsp3) is 0.667. The molecule has 0 fully saturated rings. The van der Waals surface area contributed by atoms with E-state index in [9.17, 15) is 19.2 Å². The minimum Gasteiger partial charge on any atom is -0.459 e. The number of carbonyl (C=O) groups is 4. The average Bonchev–Trinajstić information content (AvgIpc) is 2.88. The summed E-state index contributed by atoms with van der Waals surface area (Å²) < 4.78 is 22.1. The van der Waals surface area contributed by atoms with E-state index >= 15 is 0 Å². The molecule has 0 aliphatic heterocycles. The number of hydrogen-bond donors (Lipinski definition) is 1. The molecule has 0 aliphatic carbocycles. The van der Waals surface area contributed by atoms with E-state index in [1.165, 1.54) is 12.1 Å². The molecular formula is C30H47NO8. The van der Waals surface area contributed by atoms with Crippen LogP contribution in [0.4, 0.5) is 0 Å². The van der Waals surface area contributed by atoms with E-state index in [-0.39, 0.29) is 29.8 Å². The van der Waals surface area contributed by atoms with Gasteiger partial charge in [-0.15, -0.1) is 0 Å². The van der Waals surface area contributed by atoms with Gasteiger partial charge in [0.2, 0.25) is 0 Å². The smallest absolute Gasteiger partial charge is 0.323 e. The van der Waals surface area contributed by atoms with Gasteiger partial charge in [0.15, 0.2) is 11.5 Å². The molecule has 2 N–H and O–H groups in total. The first-order valence-electron chi connectivity index (χ1n) is 13.7. The molecule has 39 heavy (non-hydrogen) atoms. The van der Waals surface area contributed by atoms with Crippen molar-refractivity contribution in [2.24, 2.45) is 22.5 Å². The Balaban J connectivity index is 3.07. The molecule has 0 spiro atoms. The van der Waals surface area contributed by atoms with Crippen LogP contribution in [0.5, 0.6) is 11.5 Å². The van der Waals surface area contributed by atoms with Gasteiger partial charge in [-0.25, -0.2) is 0 Å². The summed E-state index contributed by atoms with van der Waals surface area (Å²) in [5, 5.41) is 0. The van der Waals surface area contributed by atoms with Gasteiger partial charge in [-0.3, -0.25) is 19.2 Å². The topological polar surface area (TPSA) is 131 Å². The number of carbonyl (C=O) groups excluding carboxylic acids is 4. The molecule has 9 nitrogen and oxygen atoms in total. The Morgan fingerprint density at radius 2 is 1.23 bits per heavy atom. The Kier molecular flexibility index (Phi) is 12.6. The number of ether oxygens (including phenoxy) is 4. The van der Waals surface area contributed by atoms with E-state index in [4.69, 9.17) is 24.7 Å². The van der Waals surface area contributed by atoms with E-state index in [2.05, 4.69) is 0 Å². The molecule has 0 aliphatic rings. The number of rotatable bonds is 14. The van der Waals surface area contributed by atoms with Crippen molar-refractivity contribution in [3.05, 3.63) is 23.8 Å². The number of nitrogens with two attached hydrogens (primary N) is 1. The summed E-state index contributed by atoms with van der Waals surface area (Å²) in [6, 6.07) is 3.68. The van der Waals surface area contributed by atoms with Gasteiger partial charge in [-0.1, -0.05) is 33.8 Å². The molecule has 1 unspecified atom stereocenters. The third kappa shape index (κ3) is 9.95. The predicted octanol–water partition coefficient (Wildman–Crippen LogP) is 5.15. The fourth-order valence-corrected chi connectivity index (χ4v) is 2.87. The molecule has 0 saturated heterocycles. The van der Waals surface area contributed by atoms with Crippen LogP contribution in [0.15, 0.2) is 18.2 Å². The minimum atomic E-state index is -1.03. The van der Waals surface area contributed by atoms with Crippen LogP contribution >= 0.6 is 0 Å². The van der Waals surface area contributed by atoms with Crippen molar-refractivity contribution >= 4 is 23.9 Å². The van der Waals surface area contributed by atoms with Crippen LogP contribution < -0.4 is 15.2 Å². The summed E-state index contributed by atoms with van der Waals surface area (Å²) in [5.41, 5.74) is 5.22. The van der Waals surface area contributed by atoms with Crippen molar-refractivity contribution in [2.75, 3.05) is 0 Å². The van der Waals surface area contributed by atoms with Gasteiger partial charge in [-0.2, -0.15) is 0 Å². The quantitative estimate of drug-likeness (QED) is 0.247. The third-order valence-electron chi connectivity index (χ3n) is 7.32. The van der Waals surface area contributed by atoms with Crippen LogP contribution in [0, 0.1) is 16.7 Å². The predicted molar refractivity (Wildman–Crippen MR) is 148 cm³/mol. The Morgan fingerprint density at radius 3 is 1.69 bits per heavy atom. The molecule has 0 radical (unpaired) electrons. The van der Waals surface area contributed by atoms with Crippen LogP contribution in [-0.2, 0) is 35.1 Å². The van der Waals surface area contributed by atoms with Gasteiger partial charge in [0.25, 0.3) is 0 Å². The minimum absolute atomic E-state index is 0.0683. The van der Waals surface area contributed by atoms with Gasteiger partial charge in [0.1, 0.15) is 18.2 Å². The second-order valence-electron chi connectivity index (χ2n) is 11.4. The maximum atomic E-state index is 12.8. The highest BCUT2D eigenvalue weighted by atomic mass is 16.6.